The predicted octanol–water partition coefficient (Wildman–Crippen LogP) is 0.995. The number of nitrogens with one attached hydrogen (secondary N) is 1. The summed E-state index contributed by atoms with van der Waals surface area (Å²) in [5.74, 6) is 0. The lowest BCUT2D eigenvalue weighted by Gasteiger charge is -2.24. The van der Waals surface area contributed by atoms with E-state index in [1.165, 1.54) is 0 Å². The van der Waals surface area contributed by atoms with Gasteiger partial charge in [0.15, 0.2) is 0 Å². The van der Waals surface area contributed by atoms with E-state index in [0.29, 0.717) is 6.10 Å². The van der Waals surface area contributed by atoms with E-state index in [0.717, 1.165) is 18.8 Å². The highest BCUT2D eigenvalue weighted by Gasteiger charge is 2.13. The van der Waals surface area contributed by atoms with Crippen molar-refractivity contribution in [2.75, 3.05) is 20.2 Å². The van der Waals surface area contributed by atoms with E-state index in [9.17, 15) is 0 Å². The number of nitrogens with zero attached hydrogens (tertiary/aromatic N) is 1. The molecule has 0 atom stereocenters. The van der Waals surface area contributed by atoms with Gasteiger partial charge in [0.05, 0.1) is 6.10 Å². The van der Waals surface area contributed by atoms with Crippen molar-refractivity contribution in [3.8, 4) is 0 Å². The van der Waals surface area contributed by atoms with Gasteiger partial charge in [-0.2, -0.15) is 0 Å². The first-order chi connectivity index (χ1) is 6.33. The van der Waals surface area contributed by atoms with Crippen LogP contribution in [-0.2, 0) is 4.74 Å². The topological polar surface area (TPSA) is 34.1 Å². The van der Waals surface area contributed by atoms with Crippen LogP contribution in [-0.4, -0.2) is 31.3 Å². The van der Waals surface area contributed by atoms with Crippen LogP contribution < -0.4 is 5.32 Å². The highest BCUT2D eigenvalue weighted by molar-refractivity contribution is 4.99. The smallest absolute Gasteiger partial charge is 0.0819 e. The normalized spacial score (nSPS) is 15.5. The minimum atomic E-state index is 0.505. The molecule has 1 fully saturated rings. The lowest BCUT2D eigenvalue weighted by atomic mass is 10.2. The van der Waals surface area contributed by atoms with Gasteiger partial charge >= 0.3 is 0 Å². The molecule has 3 nitrogen and oxygen atoms in total. The number of hydrogen-bond donors (Lipinski definition) is 1. The third kappa shape index (κ3) is 4.01. The van der Waals surface area contributed by atoms with Crippen molar-refractivity contribution in [2.24, 2.45) is 0 Å². The van der Waals surface area contributed by atoms with Gasteiger partial charge in [-0.05, 0) is 19.1 Å². The van der Waals surface area contributed by atoms with Crippen LogP contribution in [0.4, 0.5) is 0 Å². The molecule has 13 heavy (non-hydrogen) atoms. The van der Waals surface area contributed by atoms with E-state index >= 15 is 0 Å². The van der Waals surface area contributed by atoms with Crippen molar-refractivity contribution in [3.63, 3.8) is 0 Å². The Hall–Kier alpha value is -0.930. The van der Waals surface area contributed by atoms with E-state index in [-0.39, 0.29) is 0 Å². The first kappa shape index (κ1) is 10.2. The van der Waals surface area contributed by atoms with Crippen LogP contribution in [0.25, 0.3) is 0 Å². The molecule has 0 aliphatic carbocycles. The summed E-state index contributed by atoms with van der Waals surface area (Å²) in [4.78, 5) is 3.98. The van der Waals surface area contributed by atoms with Gasteiger partial charge in [-0.1, -0.05) is 6.07 Å². The molecule has 1 aromatic rings. The molecule has 0 bridgehead atoms. The Kier molecular flexibility index (Phi) is 4.43. The molecule has 1 N–H and O–H groups in total. The average molecular weight is 180 g/mol. The largest absolute Gasteiger partial charge is 0.379 e. The molecular formula is C10H16N2O. The molecular weight excluding hydrogens is 164 g/mol. The van der Waals surface area contributed by atoms with Gasteiger partial charge in [0.2, 0.25) is 0 Å². The molecule has 1 aromatic heterocycles. The second-order valence-electron chi connectivity index (χ2n) is 2.99. The number of pyridine rings is 1. The third-order valence-electron chi connectivity index (χ3n) is 1.89. The molecule has 0 saturated carbocycles. The maximum absolute atomic E-state index is 4.92. The zero-order valence-electron chi connectivity index (χ0n) is 8.16. The van der Waals surface area contributed by atoms with Crippen LogP contribution in [0, 0.1) is 6.92 Å². The van der Waals surface area contributed by atoms with E-state index in [4.69, 9.17) is 4.74 Å². The Morgan fingerprint density at radius 1 is 1.46 bits per heavy atom. The first-order valence-electron chi connectivity index (χ1n) is 4.44. The van der Waals surface area contributed by atoms with Crippen molar-refractivity contribution in [1.82, 2.24) is 10.3 Å². The molecule has 3 heteroatoms. The Morgan fingerprint density at radius 3 is 2.38 bits per heavy atom. The van der Waals surface area contributed by atoms with E-state index < -0.39 is 0 Å². The lowest BCUT2D eigenvalue weighted by molar-refractivity contribution is 0.0600. The summed E-state index contributed by atoms with van der Waals surface area (Å²) in [5.41, 5.74) is 1.07. The van der Waals surface area contributed by atoms with Crippen molar-refractivity contribution < 1.29 is 4.74 Å². The summed E-state index contributed by atoms with van der Waals surface area (Å²) in [6, 6.07) is 5.86. The zero-order chi connectivity index (χ0) is 9.52. The van der Waals surface area contributed by atoms with Gasteiger partial charge in [0, 0.05) is 32.1 Å². The van der Waals surface area contributed by atoms with Gasteiger partial charge in [-0.3, -0.25) is 4.98 Å². The van der Waals surface area contributed by atoms with Crippen molar-refractivity contribution in [1.29, 1.82) is 0 Å². The molecule has 72 valence electrons. The number of hydrogen-bond acceptors (Lipinski definition) is 3. The monoisotopic (exact) mass is 180 g/mol. The summed E-state index contributed by atoms with van der Waals surface area (Å²) in [7, 11) is 1.74. The number of aryl methyl sites for hydroxylation is 1. The molecule has 1 saturated heterocycles. The highest BCUT2D eigenvalue weighted by atomic mass is 16.5. The Bertz CT molecular complexity index is 219. The fraction of sp³-hybridized carbons (Fsp3) is 0.500. The third-order valence-corrected chi connectivity index (χ3v) is 1.89. The van der Waals surface area contributed by atoms with Crippen molar-refractivity contribution in [3.05, 3.63) is 30.1 Å². The maximum atomic E-state index is 4.92. The van der Waals surface area contributed by atoms with Crippen LogP contribution in [0.5, 0.6) is 0 Å². The Labute approximate surface area is 79.1 Å². The summed E-state index contributed by atoms with van der Waals surface area (Å²) >= 11 is 0. The van der Waals surface area contributed by atoms with Crippen LogP contribution in [0.2, 0.25) is 0 Å². The SMILES string of the molecule is COC1CNC1.Cc1ccccn1. The van der Waals surface area contributed by atoms with Gasteiger partial charge in [-0.15, -0.1) is 0 Å². The van der Waals surface area contributed by atoms with Crippen LogP contribution >= 0.6 is 0 Å². The van der Waals surface area contributed by atoms with Crippen LogP contribution in [0.1, 0.15) is 5.69 Å². The number of methoxy groups -OCH3 is 1. The van der Waals surface area contributed by atoms with E-state index in [1.807, 2.05) is 25.1 Å². The van der Waals surface area contributed by atoms with Gasteiger partial charge in [0.1, 0.15) is 0 Å². The Morgan fingerprint density at radius 2 is 2.23 bits per heavy atom. The van der Waals surface area contributed by atoms with Crippen molar-refractivity contribution in [2.45, 2.75) is 13.0 Å². The minimum absolute atomic E-state index is 0.505. The summed E-state index contributed by atoms with van der Waals surface area (Å²) in [6.45, 7) is 4.05. The zero-order valence-corrected chi connectivity index (χ0v) is 8.16. The molecule has 0 radical (unpaired) electrons. The molecule has 0 spiro atoms. The Balaban J connectivity index is 0.000000132. The second kappa shape index (κ2) is 5.67. The summed E-state index contributed by atoms with van der Waals surface area (Å²) in [6.07, 6.45) is 2.29. The van der Waals surface area contributed by atoms with E-state index in [1.54, 1.807) is 13.3 Å². The molecule has 1 aliphatic rings. The molecule has 1 aliphatic heterocycles. The van der Waals surface area contributed by atoms with Gasteiger partial charge < -0.3 is 10.1 Å². The predicted molar refractivity (Wildman–Crippen MR) is 52.6 cm³/mol. The lowest BCUT2D eigenvalue weighted by Crippen LogP contribution is -2.47. The summed E-state index contributed by atoms with van der Waals surface area (Å²) in [5, 5.41) is 3.09. The summed E-state index contributed by atoms with van der Waals surface area (Å²) < 4.78 is 4.92. The fourth-order valence-corrected chi connectivity index (χ4v) is 0.877. The molecule has 0 unspecified atom stereocenters. The number of rotatable bonds is 1. The van der Waals surface area contributed by atoms with E-state index in [2.05, 4.69) is 10.3 Å². The standard InChI is InChI=1S/C6H7N.C4H9NO/c1-6-4-2-3-5-7-6;1-6-4-2-5-3-4/h2-5H,1H3;4-5H,2-3H2,1H3. The van der Waals surface area contributed by atoms with Gasteiger partial charge in [-0.25, -0.2) is 0 Å². The average Bonchev–Trinajstić information content (AvgIpc) is 2.04. The molecule has 2 rings (SSSR count). The highest BCUT2D eigenvalue weighted by Crippen LogP contribution is 1.92. The quantitative estimate of drug-likeness (QED) is 0.700. The molecule has 0 aromatic carbocycles. The number of aromatic nitrogens is 1. The van der Waals surface area contributed by atoms with Crippen LogP contribution in [0.3, 0.4) is 0 Å². The number of ether oxygens (including phenoxy) is 1. The van der Waals surface area contributed by atoms with Crippen LogP contribution in [0.15, 0.2) is 24.4 Å². The van der Waals surface area contributed by atoms with Crippen molar-refractivity contribution >= 4 is 0 Å². The molecule has 0 amide bonds. The second-order valence-corrected chi connectivity index (χ2v) is 2.99. The maximum Gasteiger partial charge on any atom is 0.0819 e. The fourth-order valence-electron chi connectivity index (χ4n) is 0.877. The first-order valence-corrected chi connectivity index (χ1v) is 4.44. The minimum Gasteiger partial charge on any atom is -0.379 e. The van der Waals surface area contributed by atoms with Gasteiger partial charge in [0.25, 0.3) is 0 Å². The molecule has 2 heterocycles.